The Bertz CT molecular complexity index is 2070. The van der Waals surface area contributed by atoms with E-state index in [0.717, 1.165) is 30.3 Å². The smallest absolute Gasteiger partial charge is 0.341 e. The normalized spacial score (nSPS) is 23.3. The number of pyridine rings is 1. The molecule has 2 aromatic heterocycles. The number of rotatable bonds is 14. The van der Waals surface area contributed by atoms with E-state index in [-0.39, 0.29) is 22.9 Å². The largest absolute Gasteiger partial charge is 0.477 e. The van der Waals surface area contributed by atoms with Gasteiger partial charge in [-0.1, -0.05) is 17.0 Å². The first-order chi connectivity index (χ1) is 26.5. The van der Waals surface area contributed by atoms with E-state index in [2.05, 4.69) is 20.5 Å². The molecule has 16 nitrogen and oxygen atoms in total. The standard InChI is InChI=1S/C37H44FN7O9S/c38-27-15-25-28(45(23-6-7-23)19-26(32(25)48)36(52)53)16-29(27)43-13-11-42(12-14-43)17-22-18-44(41-40-22)10-2-1-3-31(47)39-21-4-8-24(9-5-21)55-37-35(51)34(50)33(49)30(20-46)54-37/h4-5,8-9,15-16,18-19,23,30,33-35,37,46,49-51H,1-3,6-7,10-14,17,20H2,(H,39,47)(H,52,53)/t30-,33+,34+,35-,37+/m1/s1. The predicted molar refractivity (Wildman–Crippen MR) is 199 cm³/mol. The number of carboxylic acid groups (broad SMARTS) is 1. The molecule has 1 amide bonds. The molecule has 7 rings (SSSR count). The number of piperazine rings is 1. The lowest BCUT2D eigenvalue weighted by atomic mass is 10.0. The third-order valence-corrected chi connectivity index (χ3v) is 11.4. The zero-order valence-corrected chi connectivity index (χ0v) is 30.7. The maximum Gasteiger partial charge on any atom is 0.341 e. The minimum atomic E-state index is -1.45. The van der Waals surface area contributed by atoms with Crippen LogP contribution in [0, 0.1) is 5.82 Å². The Kier molecular flexibility index (Phi) is 11.8. The van der Waals surface area contributed by atoms with Gasteiger partial charge in [0.15, 0.2) is 0 Å². The summed E-state index contributed by atoms with van der Waals surface area (Å²) in [7, 11) is 0. The number of aliphatic hydroxyl groups is 4. The van der Waals surface area contributed by atoms with Crippen LogP contribution in [0.4, 0.5) is 15.8 Å². The minimum absolute atomic E-state index is 0.0789. The Hall–Kier alpha value is -4.43. The highest BCUT2D eigenvalue weighted by Gasteiger charge is 2.43. The summed E-state index contributed by atoms with van der Waals surface area (Å²) in [5.74, 6) is -2.01. The maximum absolute atomic E-state index is 15.4. The Morgan fingerprint density at radius 3 is 2.42 bits per heavy atom. The number of fused-ring (bicyclic) bond motifs is 1. The lowest BCUT2D eigenvalue weighted by molar-refractivity contribution is -0.205. The summed E-state index contributed by atoms with van der Waals surface area (Å²) in [6.07, 6.45) is 1.51. The van der Waals surface area contributed by atoms with E-state index < -0.39 is 53.7 Å². The van der Waals surface area contributed by atoms with Crippen molar-refractivity contribution in [3.63, 3.8) is 0 Å². The van der Waals surface area contributed by atoms with Crippen molar-refractivity contribution in [1.82, 2.24) is 24.5 Å². The molecule has 4 heterocycles. The number of hydrogen-bond donors (Lipinski definition) is 6. The van der Waals surface area contributed by atoms with E-state index in [1.807, 2.05) is 11.1 Å². The van der Waals surface area contributed by atoms with Crippen LogP contribution in [0.5, 0.6) is 0 Å². The number of thioether (sulfide) groups is 1. The van der Waals surface area contributed by atoms with Gasteiger partial charge < -0.3 is 45.1 Å². The molecule has 18 heteroatoms. The van der Waals surface area contributed by atoms with Crippen molar-refractivity contribution in [3.05, 3.63) is 76.1 Å². The average molecular weight is 782 g/mol. The van der Waals surface area contributed by atoms with Crippen LogP contribution >= 0.6 is 11.8 Å². The first-order valence-electron chi connectivity index (χ1n) is 18.3. The summed E-state index contributed by atoms with van der Waals surface area (Å²) >= 11 is 1.14. The third-order valence-electron chi connectivity index (χ3n) is 10.2. The SMILES string of the molecule is O=C(CCCCn1cc(CN2CCN(c3cc4c(cc3F)c(=O)c(C(=O)O)cn4C3CC3)CC2)nn1)Nc1ccc(S[C@@H]2O[C@H](CO)[C@H](O)[C@H](O)[C@H]2O)cc1. The molecule has 2 saturated heterocycles. The molecule has 55 heavy (non-hydrogen) atoms. The van der Waals surface area contributed by atoms with E-state index >= 15 is 4.39 Å². The summed E-state index contributed by atoms with van der Waals surface area (Å²) in [5.41, 5.74) is 0.429. The number of benzene rings is 2. The summed E-state index contributed by atoms with van der Waals surface area (Å²) in [6, 6.07) is 9.87. The van der Waals surface area contributed by atoms with Crippen LogP contribution in [0.2, 0.25) is 0 Å². The van der Waals surface area contributed by atoms with Gasteiger partial charge in [0.05, 0.1) is 23.5 Å². The third kappa shape index (κ3) is 8.85. The quantitative estimate of drug-likeness (QED) is 0.101. The number of ether oxygens (including phenoxy) is 1. The summed E-state index contributed by atoms with van der Waals surface area (Å²) in [6.45, 7) is 3.12. The van der Waals surface area contributed by atoms with E-state index in [9.17, 15) is 39.9 Å². The second-order valence-electron chi connectivity index (χ2n) is 14.2. The topological polar surface area (TPSA) is 216 Å². The number of amides is 1. The second kappa shape index (κ2) is 16.7. The fourth-order valence-corrected chi connectivity index (χ4v) is 8.06. The molecule has 4 aromatic rings. The van der Waals surface area contributed by atoms with Crippen molar-refractivity contribution in [2.45, 2.75) is 86.0 Å². The predicted octanol–water partition coefficient (Wildman–Crippen LogP) is 1.79. The van der Waals surface area contributed by atoms with Crippen LogP contribution in [-0.4, -0.2) is 125 Å². The zero-order valence-electron chi connectivity index (χ0n) is 29.9. The van der Waals surface area contributed by atoms with E-state index in [0.29, 0.717) is 80.3 Å². The van der Waals surface area contributed by atoms with E-state index in [1.165, 1.54) is 12.3 Å². The molecule has 2 aromatic carbocycles. The number of aromatic nitrogens is 4. The number of aryl methyl sites for hydroxylation is 1. The Labute approximate surface area is 319 Å². The van der Waals surface area contributed by atoms with Crippen LogP contribution in [0.25, 0.3) is 10.9 Å². The van der Waals surface area contributed by atoms with Crippen LogP contribution < -0.4 is 15.6 Å². The molecule has 1 saturated carbocycles. The average Bonchev–Trinajstić information content (AvgIpc) is 3.93. The highest BCUT2D eigenvalue weighted by molar-refractivity contribution is 7.99. The van der Waals surface area contributed by atoms with Gasteiger partial charge in [-0.2, -0.15) is 0 Å². The molecular weight excluding hydrogens is 738 g/mol. The van der Waals surface area contributed by atoms with Gasteiger partial charge in [-0.05, 0) is 62.1 Å². The second-order valence-corrected chi connectivity index (χ2v) is 15.4. The molecule has 6 N–H and O–H groups in total. The van der Waals surface area contributed by atoms with Gasteiger partial charge in [-0.15, -0.1) is 5.10 Å². The maximum atomic E-state index is 15.4. The molecule has 0 spiro atoms. The van der Waals surface area contributed by atoms with Gasteiger partial charge in [0.1, 0.15) is 41.2 Å². The number of nitrogens with zero attached hydrogens (tertiary/aromatic N) is 6. The first kappa shape index (κ1) is 38.8. The highest BCUT2D eigenvalue weighted by Crippen LogP contribution is 2.38. The number of hydrogen-bond acceptors (Lipinski definition) is 13. The van der Waals surface area contributed by atoms with Gasteiger partial charge in [0, 0.05) is 80.1 Å². The first-order valence-corrected chi connectivity index (χ1v) is 19.2. The van der Waals surface area contributed by atoms with Crippen LogP contribution in [0.15, 0.2) is 58.5 Å². The summed E-state index contributed by atoms with van der Waals surface area (Å²) < 4.78 is 24.5. The molecule has 2 aliphatic heterocycles. The minimum Gasteiger partial charge on any atom is -0.477 e. The lowest BCUT2D eigenvalue weighted by Crippen LogP contribution is -2.57. The van der Waals surface area contributed by atoms with E-state index in [4.69, 9.17) is 4.74 Å². The van der Waals surface area contributed by atoms with Crippen molar-refractivity contribution >= 4 is 45.9 Å². The van der Waals surface area contributed by atoms with Crippen LogP contribution in [0.3, 0.4) is 0 Å². The van der Waals surface area contributed by atoms with Crippen molar-refractivity contribution in [3.8, 4) is 0 Å². The van der Waals surface area contributed by atoms with Crippen molar-refractivity contribution in [2.75, 3.05) is 43.0 Å². The number of carboxylic acids is 1. The fraction of sp³-hybridized carbons (Fsp3) is 0.486. The van der Waals surface area contributed by atoms with Crippen molar-refractivity contribution in [1.29, 1.82) is 0 Å². The summed E-state index contributed by atoms with van der Waals surface area (Å²) in [4.78, 5) is 41.9. The van der Waals surface area contributed by atoms with Crippen molar-refractivity contribution < 1.29 is 44.2 Å². The molecule has 1 aliphatic carbocycles. The van der Waals surface area contributed by atoms with Crippen molar-refractivity contribution in [2.24, 2.45) is 0 Å². The van der Waals surface area contributed by atoms with Crippen LogP contribution in [0.1, 0.15) is 54.2 Å². The zero-order chi connectivity index (χ0) is 38.8. The molecule has 5 atom stereocenters. The molecule has 0 bridgehead atoms. The Morgan fingerprint density at radius 1 is 0.982 bits per heavy atom. The number of nitrogens with one attached hydrogen (secondary N) is 1. The van der Waals surface area contributed by atoms with Gasteiger partial charge >= 0.3 is 5.97 Å². The molecule has 0 radical (unpaired) electrons. The Morgan fingerprint density at radius 2 is 1.73 bits per heavy atom. The number of unbranched alkanes of at least 4 members (excludes halogenated alkanes) is 1. The monoisotopic (exact) mass is 781 g/mol. The fourth-order valence-electron chi connectivity index (χ4n) is 7.00. The molecule has 3 aliphatic rings. The molecule has 294 valence electrons. The number of aromatic carboxylic acids is 1. The van der Waals surface area contributed by atoms with Crippen LogP contribution in [-0.2, 0) is 22.6 Å². The van der Waals surface area contributed by atoms with Gasteiger partial charge in [0.2, 0.25) is 11.3 Å². The number of carbonyl (C=O) groups is 2. The molecular formula is C37H44FN7O9S. The van der Waals surface area contributed by atoms with Gasteiger partial charge in [0.25, 0.3) is 0 Å². The molecule has 3 fully saturated rings. The lowest BCUT2D eigenvalue weighted by Gasteiger charge is -2.39. The van der Waals surface area contributed by atoms with Gasteiger partial charge in [-0.25, -0.2) is 9.18 Å². The van der Waals surface area contributed by atoms with Gasteiger partial charge in [-0.3, -0.25) is 19.2 Å². The number of anilines is 2. The number of aliphatic hydroxyl groups excluding tert-OH is 4. The molecule has 0 unspecified atom stereocenters. The Balaban J connectivity index is 0.836. The number of halogens is 1. The highest BCUT2D eigenvalue weighted by atomic mass is 32.2. The number of carbonyl (C=O) groups excluding carboxylic acids is 1. The summed E-state index contributed by atoms with van der Waals surface area (Å²) in [5, 5.41) is 60.7. The van der Waals surface area contributed by atoms with E-state index in [1.54, 1.807) is 39.6 Å².